The van der Waals surface area contributed by atoms with Crippen molar-refractivity contribution >= 4 is 34.1 Å². The quantitative estimate of drug-likeness (QED) is 0.435. The van der Waals surface area contributed by atoms with Gasteiger partial charge < -0.3 is 10.6 Å². The third-order valence-corrected chi connectivity index (χ3v) is 5.84. The highest BCUT2D eigenvalue weighted by Gasteiger charge is 2.22. The van der Waals surface area contributed by atoms with Crippen molar-refractivity contribution in [2.75, 3.05) is 22.6 Å². The molecule has 0 saturated heterocycles. The summed E-state index contributed by atoms with van der Waals surface area (Å²) < 4.78 is 0. The van der Waals surface area contributed by atoms with Crippen LogP contribution in [-0.2, 0) is 6.42 Å². The number of nitrogens with one attached hydrogen (secondary N) is 2. The smallest absolute Gasteiger partial charge is 0.326 e. The fourth-order valence-corrected chi connectivity index (χ4v) is 4.15. The molecule has 5 heteroatoms. The van der Waals surface area contributed by atoms with Crippen molar-refractivity contribution in [3.8, 4) is 0 Å². The fourth-order valence-electron chi connectivity index (χ4n) is 4.15. The van der Waals surface area contributed by atoms with Crippen LogP contribution in [0.4, 0.5) is 22.0 Å². The van der Waals surface area contributed by atoms with Crippen LogP contribution in [0.2, 0.25) is 0 Å². The highest BCUT2D eigenvalue weighted by Crippen LogP contribution is 2.33. The van der Waals surface area contributed by atoms with E-state index in [1.54, 1.807) is 11.9 Å². The third kappa shape index (κ3) is 3.94. The number of rotatable bonds is 4. The predicted octanol–water partition coefficient (Wildman–Crippen LogP) is 6.00. The summed E-state index contributed by atoms with van der Waals surface area (Å²) in [6, 6.07) is 28.1. The number of hydrogen-bond donors (Lipinski definition) is 2. The summed E-state index contributed by atoms with van der Waals surface area (Å²) in [6.45, 7) is 0. The number of pyridine rings is 1. The van der Waals surface area contributed by atoms with E-state index in [-0.39, 0.29) is 6.03 Å². The lowest BCUT2D eigenvalue weighted by Crippen LogP contribution is -2.31. The van der Waals surface area contributed by atoms with Crippen LogP contribution in [0.1, 0.15) is 23.6 Å². The van der Waals surface area contributed by atoms with Gasteiger partial charge in [-0.2, -0.15) is 0 Å². The molecule has 0 unspecified atom stereocenters. The van der Waals surface area contributed by atoms with Crippen molar-refractivity contribution < 1.29 is 4.79 Å². The Kier molecular flexibility index (Phi) is 5.00. The number of nitrogens with zero attached hydrogens (tertiary/aromatic N) is 2. The average Bonchev–Trinajstić information content (AvgIpc) is 3.22. The van der Waals surface area contributed by atoms with Crippen molar-refractivity contribution in [3.63, 3.8) is 0 Å². The zero-order valence-corrected chi connectivity index (χ0v) is 17.4. The summed E-state index contributed by atoms with van der Waals surface area (Å²) >= 11 is 0. The van der Waals surface area contributed by atoms with Gasteiger partial charge in [0.25, 0.3) is 0 Å². The van der Waals surface area contributed by atoms with Crippen LogP contribution < -0.4 is 15.5 Å². The van der Waals surface area contributed by atoms with Crippen molar-refractivity contribution in [1.29, 1.82) is 0 Å². The number of fused-ring (bicyclic) bond motifs is 2. The number of aromatic nitrogens is 1. The Morgan fingerprint density at radius 2 is 1.77 bits per heavy atom. The zero-order chi connectivity index (χ0) is 21.2. The van der Waals surface area contributed by atoms with E-state index in [1.165, 1.54) is 11.1 Å². The number of aryl methyl sites for hydroxylation is 1. The van der Waals surface area contributed by atoms with Gasteiger partial charge in [0.2, 0.25) is 0 Å². The van der Waals surface area contributed by atoms with Crippen molar-refractivity contribution in [2.24, 2.45) is 0 Å². The predicted molar refractivity (Wildman–Crippen MR) is 127 cm³/mol. The first-order chi connectivity index (χ1) is 15.2. The van der Waals surface area contributed by atoms with E-state index in [4.69, 9.17) is 4.98 Å². The van der Waals surface area contributed by atoms with Gasteiger partial charge in [-0.25, -0.2) is 9.78 Å². The molecule has 1 aromatic heterocycles. The van der Waals surface area contributed by atoms with Crippen LogP contribution in [0.5, 0.6) is 0 Å². The van der Waals surface area contributed by atoms with Crippen molar-refractivity contribution in [3.05, 3.63) is 96.1 Å². The molecule has 1 aliphatic carbocycles. The normalized spacial score (nSPS) is 14.8. The summed E-state index contributed by atoms with van der Waals surface area (Å²) in [7, 11) is 1.76. The monoisotopic (exact) mass is 408 g/mol. The molecule has 1 heterocycles. The Bertz CT molecular complexity index is 1240. The molecule has 0 fully saturated rings. The van der Waals surface area contributed by atoms with Crippen LogP contribution in [0.25, 0.3) is 10.9 Å². The van der Waals surface area contributed by atoms with E-state index in [2.05, 4.69) is 34.9 Å². The van der Waals surface area contributed by atoms with E-state index in [0.717, 1.165) is 40.9 Å². The van der Waals surface area contributed by atoms with Gasteiger partial charge in [0.05, 0.1) is 11.6 Å². The van der Waals surface area contributed by atoms with Gasteiger partial charge in [-0.05, 0) is 66.4 Å². The molecule has 5 rings (SSSR count). The molecule has 31 heavy (non-hydrogen) atoms. The lowest BCUT2D eigenvalue weighted by molar-refractivity contribution is 0.258. The summed E-state index contributed by atoms with van der Waals surface area (Å²) in [6.07, 6.45) is 2.18. The van der Waals surface area contributed by atoms with Gasteiger partial charge in [0.1, 0.15) is 5.82 Å². The first-order valence-corrected chi connectivity index (χ1v) is 10.5. The molecule has 5 nitrogen and oxygen atoms in total. The average molecular weight is 409 g/mol. The second-order valence-corrected chi connectivity index (χ2v) is 7.86. The lowest BCUT2D eigenvalue weighted by atomic mass is 10.1. The van der Waals surface area contributed by atoms with E-state index in [0.29, 0.717) is 6.04 Å². The Hall–Kier alpha value is -3.86. The minimum atomic E-state index is -0.184. The molecule has 0 bridgehead atoms. The molecule has 0 aliphatic heterocycles. The summed E-state index contributed by atoms with van der Waals surface area (Å²) in [4.78, 5) is 19.0. The van der Waals surface area contributed by atoms with Crippen LogP contribution in [0.15, 0.2) is 84.9 Å². The maximum absolute atomic E-state index is 12.6. The molecule has 0 radical (unpaired) electrons. The van der Waals surface area contributed by atoms with E-state index < -0.39 is 0 Å². The second-order valence-electron chi connectivity index (χ2n) is 7.86. The Labute approximate surface area is 181 Å². The number of urea groups is 1. The van der Waals surface area contributed by atoms with E-state index in [9.17, 15) is 4.79 Å². The molecule has 3 aromatic carbocycles. The first kappa shape index (κ1) is 19.1. The third-order valence-electron chi connectivity index (χ3n) is 5.84. The molecule has 0 spiro atoms. The lowest BCUT2D eigenvalue weighted by Gasteiger charge is -2.18. The minimum Gasteiger partial charge on any atom is -0.363 e. The standard InChI is InChI=1S/C26H24N4O/c1-30(21-8-3-2-4-9-21)26(31)27-20-13-15-23-19(17-20)12-16-25(28-23)29-24-14-11-18-7-5-6-10-22(18)24/h2-10,12-13,15-17,24H,11,14H2,1H3,(H,27,31)(H,28,29)/t24-/m1/s1. The van der Waals surface area contributed by atoms with E-state index in [1.807, 2.05) is 60.7 Å². The molecule has 1 aliphatic rings. The van der Waals surface area contributed by atoms with Crippen LogP contribution >= 0.6 is 0 Å². The summed E-state index contributed by atoms with van der Waals surface area (Å²) in [5.41, 5.74) is 5.26. The molecular weight excluding hydrogens is 384 g/mol. The molecule has 1 atom stereocenters. The molecule has 0 saturated carbocycles. The van der Waals surface area contributed by atoms with Crippen molar-refractivity contribution in [2.45, 2.75) is 18.9 Å². The highest BCUT2D eigenvalue weighted by molar-refractivity contribution is 6.02. The number of anilines is 3. The number of carbonyl (C=O) groups excluding carboxylic acids is 1. The topological polar surface area (TPSA) is 57.3 Å². The number of amides is 2. The fraction of sp³-hybridized carbons (Fsp3) is 0.154. The molecule has 2 amide bonds. The first-order valence-electron chi connectivity index (χ1n) is 10.5. The summed E-state index contributed by atoms with van der Waals surface area (Å²) in [5, 5.41) is 7.53. The Morgan fingerprint density at radius 1 is 0.968 bits per heavy atom. The number of hydrogen-bond acceptors (Lipinski definition) is 3. The maximum Gasteiger partial charge on any atom is 0.326 e. The van der Waals surface area contributed by atoms with Crippen LogP contribution in [0.3, 0.4) is 0 Å². The highest BCUT2D eigenvalue weighted by atomic mass is 16.2. The van der Waals surface area contributed by atoms with Gasteiger partial charge >= 0.3 is 6.03 Å². The molecular formula is C26H24N4O. The van der Waals surface area contributed by atoms with Gasteiger partial charge in [-0.3, -0.25) is 4.90 Å². The van der Waals surface area contributed by atoms with Crippen LogP contribution in [-0.4, -0.2) is 18.1 Å². The van der Waals surface area contributed by atoms with Gasteiger partial charge in [0, 0.05) is 23.8 Å². The number of benzene rings is 3. The number of para-hydroxylation sites is 1. The van der Waals surface area contributed by atoms with Crippen LogP contribution in [0, 0.1) is 0 Å². The van der Waals surface area contributed by atoms with Gasteiger partial charge in [-0.15, -0.1) is 0 Å². The largest absolute Gasteiger partial charge is 0.363 e. The zero-order valence-electron chi connectivity index (χ0n) is 17.4. The second kappa shape index (κ2) is 8.11. The number of carbonyl (C=O) groups is 1. The SMILES string of the molecule is CN(C(=O)Nc1ccc2nc(N[C@@H]3CCc4ccccc43)ccc2c1)c1ccccc1. The minimum absolute atomic E-state index is 0.184. The molecule has 4 aromatic rings. The summed E-state index contributed by atoms with van der Waals surface area (Å²) in [5.74, 6) is 0.870. The Balaban J connectivity index is 1.31. The van der Waals surface area contributed by atoms with Gasteiger partial charge in [-0.1, -0.05) is 42.5 Å². The molecule has 154 valence electrons. The molecule has 2 N–H and O–H groups in total. The van der Waals surface area contributed by atoms with E-state index >= 15 is 0 Å². The maximum atomic E-state index is 12.6. The van der Waals surface area contributed by atoms with Gasteiger partial charge in [0.15, 0.2) is 0 Å². The van der Waals surface area contributed by atoms with Crippen molar-refractivity contribution in [1.82, 2.24) is 4.98 Å². The Morgan fingerprint density at radius 3 is 2.65 bits per heavy atom.